The normalized spacial score (nSPS) is 11.6. The van der Waals surface area contributed by atoms with Crippen LogP contribution in [0.15, 0.2) is 122 Å². The van der Waals surface area contributed by atoms with E-state index in [1.165, 1.54) is 49.9 Å². The largest absolute Gasteiger partial charge is 0.314 e. The van der Waals surface area contributed by atoms with E-state index in [-0.39, 0.29) is 0 Å². The van der Waals surface area contributed by atoms with Crippen LogP contribution in [0.2, 0.25) is 0 Å². The Kier molecular flexibility index (Phi) is 5.86. The summed E-state index contributed by atoms with van der Waals surface area (Å²) in [5.74, 6) is 0. The predicted molar refractivity (Wildman–Crippen MR) is 159 cm³/mol. The van der Waals surface area contributed by atoms with E-state index in [1.54, 1.807) is 0 Å². The molecule has 2 aromatic heterocycles. The van der Waals surface area contributed by atoms with Crippen LogP contribution < -0.4 is 0 Å². The zero-order chi connectivity index (χ0) is 25.4. The molecule has 4 aromatic carbocycles. The van der Waals surface area contributed by atoms with Gasteiger partial charge in [-0.25, -0.2) is 0 Å². The van der Waals surface area contributed by atoms with Gasteiger partial charge in [0.25, 0.3) is 0 Å². The van der Waals surface area contributed by atoms with Gasteiger partial charge in [0.05, 0.1) is 11.0 Å². The SMILES string of the molecule is C=Cc1c(C/C=C\C)c2ccccc2n1-c1ccc(-c2ccc(-n3c(C)cc4ccccc43)cc2)cc1. The number of fused-ring (bicyclic) bond motifs is 2. The third-order valence-corrected chi connectivity index (χ3v) is 7.25. The Morgan fingerprint density at radius 3 is 1.95 bits per heavy atom. The van der Waals surface area contributed by atoms with Crippen molar-refractivity contribution in [3.63, 3.8) is 0 Å². The van der Waals surface area contributed by atoms with Gasteiger partial charge in [0.1, 0.15) is 0 Å². The number of rotatable bonds is 6. The molecule has 6 rings (SSSR count). The van der Waals surface area contributed by atoms with Crippen molar-refractivity contribution < 1.29 is 0 Å². The minimum absolute atomic E-state index is 0.895. The third kappa shape index (κ3) is 3.91. The van der Waals surface area contributed by atoms with Crippen LogP contribution in [0.25, 0.3) is 50.4 Å². The molecular weight excluding hydrogens is 448 g/mol. The molecule has 2 heteroatoms. The molecule has 0 bridgehead atoms. The highest BCUT2D eigenvalue weighted by atomic mass is 15.0. The van der Waals surface area contributed by atoms with E-state index in [2.05, 4.69) is 145 Å². The molecule has 0 saturated carbocycles. The topological polar surface area (TPSA) is 9.86 Å². The first kappa shape index (κ1) is 22.9. The van der Waals surface area contributed by atoms with Gasteiger partial charge < -0.3 is 9.13 Å². The lowest BCUT2D eigenvalue weighted by molar-refractivity contribution is 1.05. The number of hydrogen-bond donors (Lipinski definition) is 0. The Labute approximate surface area is 218 Å². The monoisotopic (exact) mass is 478 g/mol. The van der Waals surface area contributed by atoms with Crippen molar-refractivity contribution in [1.29, 1.82) is 0 Å². The summed E-state index contributed by atoms with van der Waals surface area (Å²) >= 11 is 0. The fourth-order valence-corrected chi connectivity index (χ4v) is 5.51. The molecule has 0 saturated heterocycles. The minimum Gasteiger partial charge on any atom is -0.314 e. The molecule has 0 aliphatic carbocycles. The summed E-state index contributed by atoms with van der Waals surface area (Å²) in [7, 11) is 0. The molecule has 0 aliphatic heterocycles. The first-order chi connectivity index (χ1) is 18.2. The number of aromatic nitrogens is 2. The molecule has 0 amide bonds. The van der Waals surface area contributed by atoms with Crippen molar-refractivity contribution in [2.75, 3.05) is 0 Å². The van der Waals surface area contributed by atoms with Crippen molar-refractivity contribution in [2.24, 2.45) is 0 Å². The Morgan fingerprint density at radius 2 is 1.30 bits per heavy atom. The van der Waals surface area contributed by atoms with Gasteiger partial charge >= 0.3 is 0 Å². The van der Waals surface area contributed by atoms with Crippen molar-refractivity contribution in [3.05, 3.63) is 139 Å². The van der Waals surface area contributed by atoms with Crippen molar-refractivity contribution in [2.45, 2.75) is 20.3 Å². The molecule has 37 heavy (non-hydrogen) atoms. The van der Waals surface area contributed by atoms with E-state index in [0.717, 1.165) is 17.8 Å². The quantitative estimate of drug-likeness (QED) is 0.211. The predicted octanol–water partition coefficient (Wildman–Crippen LogP) is 9.31. The van der Waals surface area contributed by atoms with E-state index in [1.807, 2.05) is 6.08 Å². The average Bonchev–Trinajstić information content (AvgIpc) is 3.45. The molecule has 6 aromatic rings. The Hall–Kier alpha value is -4.56. The van der Waals surface area contributed by atoms with Gasteiger partial charge in [-0.05, 0) is 85.5 Å². The standard InChI is InChI=1S/C35H30N2/c1-4-6-12-31-32-13-8-10-15-35(32)37(33(31)5-2)30-22-18-27(19-23-30)26-16-20-29(21-17-26)36-25(3)24-28-11-7-9-14-34(28)36/h4-11,13-24H,2,12H2,1,3H3/b6-4-. The second-order valence-electron chi connectivity index (χ2n) is 9.47. The molecule has 0 fully saturated rings. The molecule has 2 heterocycles. The summed E-state index contributed by atoms with van der Waals surface area (Å²) in [4.78, 5) is 0. The zero-order valence-electron chi connectivity index (χ0n) is 21.4. The van der Waals surface area contributed by atoms with Gasteiger partial charge in [-0.15, -0.1) is 0 Å². The smallest absolute Gasteiger partial charge is 0.0537 e. The van der Waals surface area contributed by atoms with Crippen molar-refractivity contribution in [1.82, 2.24) is 9.13 Å². The third-order valence-electron chi connectivity index (χ3n) is 7.25. The van der Waals surface area contributed by atoms with Gasteiger partial charge in [0.15, 0.2) is 0 Å². The Balaban J connectivity index is 1.36. The van der Waals surface area contributed by atoms with E-state index in [4.69, 9.17) is 0 Å². The first-order valence-electron chi connectivity index (χ1n) is 12.8. The lowest BCUT2D eigenvalue weighted by Gasteiger charge is -2.12. The van der Waals surface area contributed by atoms with Gasteiger partial charge in [0, 0.05) is 33.5 Å². The highest BCUT2D eigenvalue weighted by Gasteiger charge is 2.15. The van der Waals surface area contributed by atoms with Crippen molar-refractivity contribution in [3.8, 4) is 22.5 Å². The molecule has 0 spiro atoms. The fraction of sp³-hybridized carbons (Fsp3) is 0.0857. The number of hydrogen-bond acceptors (Lipinski definition) is 0. The Bertz CT molecular complexity index is 1760. The van der Waals surface area contributed by atoms with Gasteiger partial charge in [-0.1, -0.05) is 79.4 Å². The van der Waals surface area contributed by atoms with Crippen LogP contribution in [-0.2, 0) is 6.42 Å². The van der Waals surface area contributed by atoms with Crippen molar-refractivity contribution >= 4 is 27.9 Å². The van der Waals surface area contributed by atoms with E-state index in [0.29, 0.717) is 0 Å². The van der Waals surface area contributed by atoms with Crippen LogP contribution in [0, 0.1) is 6.92 Å². The van der Waals surface area contributed by atoms with Crippen LogP contribution in [0.5, 0.6) is 0 Å². The lowest BCUT2D eigenvalue weighted by atomic mass is 10.0. The average molecular weight is 479 g/mol. The zero-order valence-corrected chi connectivity index (χ0v) is 21.4. The van der Waals surface area contributed by atoms with E-state index in [9.17, 15) is 0 Å². The summed E-state index contributed by atoms with van der Waals surface area (Å²) in [6.07, 6.45) is 7.20. The number of nitrogens with zero attached hydrogens (tertiary/aromatic N) is 2. The van der Waals surface area contributed by atoms with Gasteiger partial charge in [0.2, 0.25) is 0 Å². The van der Waals surface area contributed by atoms with Crippen LogP contribution in [-0.4, -0.2) is 9.13 Å². The van der Waals surface area contributed by atoms with Crippen LogP contribution in [0.3, 0.4) is 0 Å². The fourth-order valence-electron chi connectivity index (χ4n) is 5.51. The minimum atomic E-state index is 0.895. The second-order valence-corrected chi connectivity index (χ2v) is 9.47. The van der Waals surface area contributed by atoms with Gasteiger partial charge in [-0.3, -0.25) is 0 Å². The molecule has 0 N–H and O–H groups in total. The number of para-hydroxylation sites is 2. The van der Waals surface area contributed by atoms with E-state index >= 15 is 0 Å². The second kappa shape index (κ2) is 9.48. The summed E-state index contributed by atoms with van der Waals surface area (Å²) in [5.41, 5.74) is 10.9. The molecule has 0 atom stereocenters. The molecule has 0 aliphatic rings. The molecule has 2 nitrogen and oxygen atoms in total. The highest BCUT2D eigenvalue weighted by Crippen LogP contribution is 2.32. The molecule has 180 valence electrons. The number of benzene rings is 4. The molecule has 0 unspecified atom stereocenters. The lowest BCUT2D eigenvalue weighted by Crippen LogP contribution is -1.98. The summed E-state index contributed by atoms with van der Waals surface area (Å²) < 4.78 is 4.65. The summed E-state index contributed by atoms with van der Waals surface area (Å²) in [6.45, 7) is 8.39. The first-order valence-corrected chi connectivity index (χ1v) is 12.8. The number of allylic oxidation sites excluding steroid dienone is 2. The number of aryl methyl sites for hydroxylation is 1. The summed E-state index contributed by atoms with van der Waals surface area (Å²) in [5, 5.41) is 2.55. The van der Waals surface area contributed by atoms with Crippen LogP contribution >= 0.6 is 0 Å². The summed E-state index contributed by atoms with van der Waals surface area (Å²) in [6, 6.07) is 37.1. The maximum absolute atomic E-state index is 4.15. The molecule has 0 radical (unpaired) electrons. The van der Waals surface area contributed by atoms with Crippen LogP contribution in [0.4, 0.5) is 0 Å². The van der Waals surface area contributed by atoms with Crippen LogP contribution in [0.1, 0.15) is 23.9 Å². The maximum atomic E-state index is 4.15. The Morgan fingerprint density at radius 1 is 0.703 bits per heavy atom. The highest BCUT2D eigenvalue weighted by molar-refractivity contribution is 5.90. The van der Waals surface area contributed by atoms with E-state index < -0.39 is 0 Å². The maximum Gasteiger partial charge on any atom is 0.0537 e. The van der Waals surface area contributed by atoms with Gasteiger partial charge in [-0.2, -0.15) is 0 Å². The molecular formula is C35H30N2.